The normalized spacial score (nSPS) is 9.70. The molecule has 0 atom stereocenters. The van der Waals surface area contributed by atoms with E-state index in [4.69, 9.17) is 5.11 Å². The first-order valence-electron chi connectivity index (χ1n) is 6.19. The molecule has 1 amide bonds. The van der Waals surface area contributed by atoms with Crippen molar-refractivity contribution >= 4 is 11.6 Å². The third kappa shape index (κ3) is 3.70. The number of aromatic nitrogens is 2. The fraction of sp³-hybridized carbons (Fsp3) is 0.200. The molecule has 0 aliphatic heterocycles. The molecule has 0 unspecified atom stereocenters. The Morgan fingerprint density at radius 1 is 1.40 bits per heavy atom. The zero-order valence-corrected chi connectivity index (χ0v) is 11.1. The van der Waals surface area contributed by atoms with Crippen molar-refractivity contribution < 1.29 is 9.90 Å². The van der Waals surface area contributed by atoms with Gasteiger partial charge in [-0.2, -0.15) is 5.10 Å². The van der Waals surface area contributed by atoms with Gasteiger partial charge in [0.15, 0.2) is 0 Å². The number of carbonyl (C=O) groups is 1. The molecule has 2 N–H and O–H groups in total. The van der Waals surface area contributed by atoms with E-state index in [9.17, 15) is 4.79 Å². The van der Waals surface area contributed by atoms with Crippen LogP contribution >= 0.6 is 0 Å². The van der Waals surface area contributed by atoms with Gasteiger partial charge >= 0.3 is 0 Å². The van der Waals surface area contributed by atoms with Crippen molar-refractivity contribution in [1.82, 2.24) is 9.78 Å². The van der Waals surface area contributed by atoms with Gasteiger partial charge in [0.25, 0.3) is 5.91 Å². The van der Waals surface area contributed by atoms with Crippen molar-refractivity contribution in [3.8, 4) is 11.8 Å². The van der Waals surface area contributed by atoms with Crippen LogP contribution in [0.5, 0.6) is 0 Å². The van der Waals surface area contributed by atoms with Crippen molar-refractivity contribution in [3.05, 3.63) is 47.8 Å². The van der Waals surface area contributed by atoms with Crippen LogP contribution < -0.4 is 5.32 Å². The van der Waals surface area contributed by atoms with Crippen LogP contribution in [-0.4, -0.2) is 27.4 Å². The second-order valence-electron chi connectivity index (χ2n) is 4.21. The van der Waals surface area contributed by atoms with Crippen LogP contribution in [-0.2, 0) is 7.05 Å². The minimum absolute atomic E-state index is 0.0542. The summed E-state index contributed by atoms with van der Waals surface area (Å²) >= 11 is 0. The van der Waals surface area contributed by atoms with Crippen LogP contribution in [0.2, 0.25) is 0 Å². The van der Waals surface area contributed by atoms with Crippen molar-refractivity contribution in [3.63, 3.8) is 0 Å². The minimum Gasteiger partial charge on any atom is -0.395 e. The number of hydrogen-bond donors (Lipinski definition) is 2. The zero-order valence-electron chi connectivity index (χ0n) is 11.1. The van der Waals surface area contributed by atoms with Crippen molar-refractivity contribution in [2.24, 2.45) is 7.05 Å². The first kappa shape index (κ1) is 13.8. The number of carbonyl (C=O) groups excluding carboxylic acids is 1. The molecule has 0 bridgehead atoms. The first-order valence-corrected chi connectivity index (χ1v) is 6.19. The number of rotatable bonds is 3. The topological polar surface area (TPSA) is 67.2 Å². The maximum absolute atomic E-state index is 12.0. The second-order valence-corrected chi connectivity index (χ2v) is 4.21. The number of amides is 1. The molecule has 1 aromatic heterocycles. The first-order chi connectivity index (χ1) is 9.69. The van der Waals surface area contributed by atoms with Gasteiger partial charge in [-0.1, -0.05) is 11.8 Å². The van der Waals surface area contributed by atoms with Crippen LogP contribution in [0.15, 0.2) is 36.7 Å². The highest BCUT2D eigenvalue weighted by molar-refractivity contribution is 6.04. The smallest absolute Gasteiger partial charge is 0.255 e. The Morgan fingerprint density at radius 2 is 2.15 bits per heavy atom. The SMILES string of the molecule is Cn1cc(NC(=O)c2ccc(C#CCCO)cc2)cn1. The highest BCUT2D eigenvalue weighted by Crippen LogP contribution is 2.09. The number of benzene rings is 1. The summed E-state index contributed by atoms with van der Waals surface area (Å²) in [6, 6.07) is 6.99. The monoisotopic (exact) mass is 269 g/mol. The summed E-state index contributed by atoms with van der Waals surface area (Å²) in [5, 5.41) is 15.4. The molecule has 0 saturated heterocycles. The van der Waals surface area contributed by atoms with Crippen LogP contribution in [0.25, 0.3) is 0 Å². The highest BCUT2D eigenvalue weighted by atomic mass is 16.2. The second kappa shape index (κ2) is 6.55. The molecule has 102 valence electrons. The van der Waals surface area contributed by atoms with Gasteiger partial charge in [0.2, 0.25) is 0 Å². The van der Waals surface area contributed by atoms with Crippen molar-refractivity contribution in [1.29, 1.82) is 0 Å². The largest absolute Gasteiger partial charge is 0.395 e. The molecule has 0 fully saturated rings. The molecular formula is C15H15N3O2. The molecular weight excluding hydrogens is 254 g/mol. The van der Waals surface area contributed by atoms with E-state index >= 15 is 0 Å². The fourth-order valence-electron chi connectivity index (χ4n) is 1.61. The van der Waals surface area contributed by atoms with Gasteiger partial charge in [-0.15, -0.1) is 0 Å². The van der Waals surface area contributed by atoms with Crippen LogP contribution in [0.3, 0.4) is 0 Å². The Balaban J connectivity index is 2.02. The number of aryl methyl sites for hydroxylation is 1. The molecule has 1 heterocycles. The Bertz CT molecular complexity index is 648. The Morgan fingerprint density at radius 3 is 2.75 bits per heavy atom. The lowest BCUT2D eigenvalue weighted by molar-refractivity contribution is 0.102. The summed E-state index contributed by atoms with van der Waals surface area (Å²) in [4.78, 5) is 12.0. The van der Waals surface area contributed by atoms with Gasteiger partial charge in [-0.3, -0.25) is 9.48 Å². The van der Waals surface area contributed by atoms with E-state index in [0.29, 0.717) is 17.7 Å². The van der Waals surface area contributed by atoms with Crippen LogP contribution in [0.4, 0.5) is 5.69 Å². The van der Waals surface area contributed by atoms with E-state index in [-0.39, 0.29) is 12.5 Å². The van der Waals surface area contributed by atoms with E-state index < -0.39 is 0 Å². The summed E-state index contributed by atoms with van der Waals surface area (Å²) in [6.45, 7) is 0.0542. The standard InChI is InChI=1S/C15H15N3O2/c1-18-11-14(10-16-18)17-15(20)13-7-5-12(6-8-13)4-2-3-9-19/h5-8,10-11,19H,3,9H2,1H3,(H,17,20). The van der Waals surface area contributed by atoms with E-state index in [1.54, 1.807) is 48.4 Å². The molecule has 20 heavy (non-hydrogen) atoms. The predicted octanol–water partition coefficient (Wildman–Crippen LogP) is 1.41. The third-order valence-electron chi connectivity index (χ3n) is 2.58. The Hall–Kier alpha value is -2.58. The fourth-order valence-corrected chi connectivity index (χ4v) is 1.61. The number of nitrogens with one attached hydrogen (secondary N) is 1. The van der Waals surface area contributed by atoms with E-state index in [1.807, 2.05) is 0 Å². The Labute approximate surface area is 117 Å². The molecule has 0 aliphatic rings. The van der Waals surface area contributed by atoms with Crippen LogP contribution in [0, 0.1) is 11.8 Å². The summed E-state index contributed by atoms with van der Waals surface area (Å²) < 4.78 is 1.62. The van der Waals surface area contributed by atoms with Crippen LogP contribution in [0.1, 0.15) is 22.3 Å². The third-order valence-corrected chi connectivity index (χ3v) is 2.58. The van der Waals surface area contributed by atoms with Crippen molar-refractivity contribution in [2.45, 2.75) is 6.42 Å². The number of aliphatic hydroxyl groups excluding tert-OH is 1. The number of aliphatic hydroxyl groups is 1. The summed E-state index contributed by atoms with van der Waals surface area (Å²) in [6.07, 6.45) is 3.77. The lowest BCUT2D eigenvalue weighted by Gasteiger charge is -2.02. The van der Waals surface area contributed by atoms with Gasteiger partial charge in [-0.05, 0) is 24.3 Å². The number of nitrogens with zero attached hydrogens (tertiary/aromatic N) is 2. The molecule has 0 aliphatic carbocycles. The molecule has 5 nitrogen and oxygen atoms in total. The number of anilines is 1. The average Bonchev–Trinajstić information content (AvgIpc) is 2.85. The molecule has 5 heteroatoms. The van der Waals surface area contributed by atoms with E-state index in [2.05, 4.69) is 22.3 Å². The average molecular weight is 269 g/mol. The van der Waals surface area contributed by atoms with Gasteiger partial charge < -0.3 is 10.4 Å². The molecule has 1 aromatic carbocycles. The lowest BCUT2D eigenvalue weighted by Crippen LogP contribution is -2.11. The van der Waals surface area contributed by atoms with Gasteiger partial charge in [0.05, 0.1) is 18.5 Å². The molecule has 0 radical (unpaired) electrons. The van der Waals surface area contributed by atoms with E-state index in [0.717, 1.165) is 5.56 Å². The summed E-state index contributed by atoms with van der Waals surface area (Å²) in [5.41, 5.74) is 2.03. The predicted molar refractivity (Wildman–Crippen MR) is 76.2 cm³/mol. The zero-order chi connectivity index (χ0) is 14.4. The molecule has 0 spiro atoms. The van der Waals surface area contributed by atoms with Crippen molar-refractivity contribution in [2.75, 3.05) is 11.9 Å². The Kier molecular flexibility index (Phi) is 4.53. The molecule has 2 rings (SSSR count). The van der Waals surface area contributed by atoms with Gasteiger partial charge in [0, 0.05) is 30.8 Å². The molecule has 0 saturated carbocycles. The maximum Gasteiger partial charge on any atom is 0.255 e. The van der Waals surface area contributed by atoms with E-state index in [1.165, 1.54) is 0 Å². The summed E-state index contributed by atoms with van der Waals surface area (Å²) in [7, 11) is 1.79. The van der Waals surface area contributed by atoms with Gasteiger partial charge in [0.1, 0.15) is 0 Å². The molecule has 2 aromatic rings. The lowest BCUT2D eigenvalue weighted by atomic mass is 10.1. The maximum atomic E-state index is 12.0. The minimum atomic E-state index is -0.187. The van der Waals surface area contributed by atoms with Gasteiger partial charge in [-0.25, -0.2) is 0 Å². The number of hydrogen-bond acceptors (Lipinski definition) is 3. The summed E-state index contributed by atoms with van der Waals surface area (Å²) in [5.74, 6) is 5.55. The highest BCUT2D eigenvalue weighted by Gasteiger charge is 2.06. The quantitative estimate of drug-likeness (QED) is 0.828.